The highest BCUT2D eigenvalue weighted by Crippen LogP contribution is 2.27. The van der Waals surface area contributed by atoms with Crippen LogP contribution in [0.3, 0.4) is 0 Å². The Labute approximate surface area is 145 Å². The number of nitrogens with one attached hydrogen (secondary N) is 1. The Morgan fingerprint density at radius 1 is 1.04 bits per heavy atom. The lowest BCUT2D eigenvalue weighted by molar-refractivity contribution is -0.895. The lowest BCUT2D eigenvalue weighted by Crippen LogP contribution is -3.15. The molecule has 0 aromatic heterocycles. The Hall–Kier alpha value is -2.26. The van der Waals surface area contributed by atoms with Crippen LogP contribution in [0.15, 0.2) is 60.2 Å². The minimum atomic E-state index is 0.973. The highest BCUT2D eigenvalue weighted by Gasteiger charge is 2.22. The molecular formula is C21H27N2O+. The molecule has 1 fully saturated rings. The monoisotopic (exact) mass is 323 g/mol. The summed E-state index contributed by atoms with van der Waals surface area (Å²) in [7, 11) is 1.75. The molecule has 0 saturated carbocycles. The average molecular weight is 323 g/mol. The molecule has 0 aliphatic carbocycles. The molecule has 0 radical (unpaired) electrons. The summed E-state index contributed by atoms with van der Waals surface area (Å²) in [6.07, 6.45) is 2.31. The Morgan fingerprint density at radius 2 is 1.71 bits per heavy atom. The lowest BCUT2D eigenvalue weighted by atomic mass is 10.1. The molecule has 2 aromatic carbocycles. The highest BCUT2D eigenvalue weighted by atomic mass is 16.5. The van der Waals surface area contributed by atoms with Gasteiger partial charge in [0.15, 0.2) is 0 Å². The van der Waals surface area contributed by atoms with Crippen LogP contribution < -0.4 is 14.5 Å². The maximum Gasteiger partial charge on any atom is 0.142 e. The van der Waals surface area contributed by atoms with Gasteiger partial charge in [-0.25, -0.2) is 0 Å². The van der Waals surface area contributed by atoms with E-state index in [4.69, 9.17) is 4.74 Å². The number of benzene rings is 2. The van der Waals surface area contributed by atoms with Crippen molar-refractivity contribution in [3.05, 3.63) is 65.7 Å². The number of anilines is 1. The van der Waals surface area contributed by atoms with Gasteiger partial charge in [0.2, 0.25) is 0 Å². The molecule has 1 aliphatic rings. The number of ether oxygens (including phenoxy) is 1. The average Bonchev–Trinajstić information content (AvgIpc) is 2.63. The molecule has 0 unspecified atom stereocenters. The summed E-state index contributed by atoms with van der Waals surface area (Å²) in [6.45, 7) is 7.85. The van der Waals surface area contributed by atoms with Gasteiger partial charge >= 0.3 is 0 Å². The summed E-state index contributed by atoms with van der Waals surface area (Å²) in [5.74, 6) is 0.973. The van der Waals surface area contributed by atoms with Gasteiger partial charge in [-0.05, 0) is 30.2 Å². The number of methoxy groups -OCH3 is 1. The Kier molecular flexibility index (Phi) is 5.55. The number of hydrogen-bond acceptors (Lipinski definition) is 2. The first-order chi connectivity index (χ1) is 11.8. The molecule has 2 aromatic rings. The fraction of sp³-hybridized carbons (Fsp3) is 0.333. The van der Waals surface area contributed by atoms with Crippen LogP contribution in [0.1, 0.15) is 12.5 Å². The molecule has 24 heavy (non-hydrogen) atoms. The van der Waals surface area contributed by atoms with Crippen molar-refractivity contribution in [2.75, 3.05) is 44.7 Å². The minimum absolute atomic E-state index is 0.973. The number of quaternary nitrogens is 1. The number of rotatable bonds is 5. The molecule has 1 N–H and O–H groups in total. The summed E-state index contributed by atoms with van der Waals surface area (Å²) in [5, 5.41) is 0. The van der Waals surface area contributed by atoms with Gasteiger partial charge in [-0.3, -0.25) is 0 Å². The second kappa shape index (κ2) is 8.02. The Morgan fingerprint density at radius 3 is 2.42 bits per heavy atom. The van der Waals surface area contributed by atoms with Crippen molar-refractivity contribution in [1.29, 1.82) is 0 Å². The van der Waals surface area contributed by atoms with E-state index in [2.05, 4.69) is 60.4 Å². The third-order valence-electron chi connectivity index (χ3n) is 4.64. The van der Waals surface area contributed by atoms with E-state index in [1.807, 2.05) is 12.1 Å². The maximum absolute atomic E-state index is 5.50. The van der Waals surface area contributed by atoms with E-state index in [1.165, 1.54) is 16.8 Å². The van der Waals surface area contributed by atoms with Crippen LogP contribution in [0.25, 0.3) is 6.08 Å². The fourth-order valence-electron chi connectivity index (χ4n) is 3.41. The molecule has 3 rings (SSSR count). The third kappa shape index (κ3) is 4.18. The normalized spacial score (nSPS) is 16.2. The fourth-order valence-corrected chi connectivity index (χ4v) is 3.41. The summed E-state index contributed by atoms with van der Waals surface area (Å²) in [4.78, 5) is 4.10. The van der Waals surface area contributed by atoms with Gasteiger partial charge < -0.3 is 14.5 Å². The zero-order valence-electron chi connectivity index (χ0n) is 14.7. The number of para-hydroxylation sites is 2. The van der Waals surface area contributed by atoms with Gasteiger partial charge in [-0.1, -0.05) is 48.5 Å². The number of hydrogen-bond donors (Lipinski definition) is 1. The van der Waals surface area contributed by atoms with Gasteiger partial charge in [-0.15, -0.1) is 0 Å². The van der Waals surface area contributed by atoms with Crippen molar-refractivity contribution in [1.82, 2.24) is 0 Å². The smallest absolute Gasteiger partial charge is 0.142 e. The molecule has 1 heterocycles. The topological polar surface area (TPSA) is 16.9 Å². The summed E-state index contributed by atoms with van der Waals surface area (Å²) < 4.78 is 5.50. The molecule has 0 amide bonds. The quantitative estimate of drug-likeness (QED) is 0.910. The molecule has 3 nitrogen and oxygen atoms in total. The van der Waals surface area contributed by atoms with E-state index < -0.39 is 0 Å². The standard InChI is InChI=1S/C21H26N2O/c1-18(16-19-8-4-3-5-9-19)17-22-12-14-23(15-13-22)20-10-6-7-11-21(20)24-2/h3-11,16H,12-15,17H2,1-2H3/p+1/b18-16+. The minimum Gasteiger partial charge on any atom is -0.495 e. The first kappa shape index (κ1) is 16.6. The molecule has 0 bridgehead atoms. The van der Waals surface area contributed by atoms with Crippen molar-refractivity contribution < 1.29 is 9.64 Å². The zero-order chi connectivity index (χ0) is 16.8. The molecule has 1 aliphatic heterocycles. The first-order valence-corrected chi connectivity index (χ1v) is 8.70. The van der Waals surface area contributed by atoms with Crippen LogP contribution in [-0.4, -0.2) is 39.8 Å². The van der Waals surface area contributed by atoms with Crippen LogP contribution in [0.2, 0.25) is 0 Å². The molecule has 3 heteroatoms. The molecule has 1 saturated heterocycles. The largest absolute Gasteiger partial charge is 0.495 e. The Balaban J connectivity index is 1.56. The van der Waals surface area contributed by atoms with E-state index in [0.29, 0.717) is 0 Å². The number of nitrogens with zero attached hydrogens (tertiary/aromatic N) is 1. The van der Waals surface area contributed by atoms with E-state index in [1.54, 1.807) is 12.0 Å². The second-order valence-electron chi connectivity index (χ2n) is 6.49. The van der Waals surface area contributed by atoms with Crippen molar-refractivity contribution in [2.45, 2.75) is 6.92 Å². The maximum atomic E-state index is 5.50. The highest BCUT2D eigenvalue weighted by molar-refractivity contribution is 5.58. The van der Waals surface area contributed by atoms with Gasteiger partial charge in [0, 0.05) is 0 Å². The summed E-state index contributed by atoms with van der Waals surface area (Å²) >= 11 is 0. The van der Waals surface area contributed by atoms with Gasteiger partial charge in [-0.2, -0.15) is 0 Å². The Bertz CT molecular complexity index is 673. The predicted molar refractivity (Wildman–Crippen MR) is 101 cm³/mol. The molecule has 126 valence electrons. The molecule has 0 spiro atoms. The lowest BCUT2D eigenvalue weighted by Gasteiger charge is -2.34. The van der Waals surface area contributed by atoms with E-state index in [0.717, 1.165) is 38.5 Å². The van der Waals surface area contributed by atoms with E-state index in [-0.39, 0.29) is 0 Å². The van der Waals surface area contributed by atoms with Gasteiger partial charge in [0.1, 0.15) is 5.75 Å². The summed E-state index contributed by atoms with van der Waals surface area (Å²) in [5.41, 5.74) is 3.96. The van der Waals surface area contributed by atoms with Crippen LogP contribution in [0, 0.1) is 0 Å². The van der Waals surface area contributed by atoms with Crippen molar-refractivity contribution >= 4 is 11.8 Å². The predicted octanol–water partition coefficient (Wildman–Crippen LogP) is 2.50. The summed E-state index contributed by atoms with van der Waals surface area (Å²) in [6, 6.07) is 18.9. The van der Waals surface area contributed by atoms with Crippen LogP contribution in [0.5, 0.6) is 5.75 Å². The van der Waals surface area contributed by atoms with E-state index >= 15 is 0 Å². The molecular weight excluding hydrogens is 296 g/mol. The molecule has 0 atom stereocenters. The first-order valence-electron chi connectivity index (χ1n) is 8.70. The number of piperazine rings is 1. The van der Waals surface area contributed by atoms with Gasteiger partial charge in [0.05, 0.1) is 45.5 Å². The van der Waals surface area contributed by atoms with Crippen molar-refractivity contribution in [3.63, 3.8) is 0 Å². The SMILES string of the molecule is COc1ccccc1N1CC[NH+](C/C(C)=C/c2ccccc2)CC1. The zero-order valence-corrected chi connectivity index (χ0v) is 14.7. The van der Waals surface area contributed by atoms with Crippen LogP contribution in [-0.2, 0) is 0 Å². The van der Waals surface area contributed by atoms with Crippen LogP contribution >= 0.6 is 0 Å². The third-order valence-corrected chi connectivity index (χ3v) is 4.64. The van der Waals surface area contributed by atoms with Crippen molar-refractivity contribution in [3.8, 4) is 5.75 Å². The second-order valence-corrected chi connectivity index (χ2v) is 6.49. The van der Waals surface area contributed by atoms with E-state index in [9.17, 15) is 0 Å². The van der Waals surface area contributed by atoms with Crippen molar-refractivity contribution in [2.24, 2.45) is 0 Å². The van der Waals surface area contributed by atoms with Crippen LogP contribution in [0.4, 0.5) is 5.69 Å². The van der Waals surface area contributed by atoms with Gasteiger partial charge in [0.25, 0.3) is 0 Å².